The van der Waals surface area contributed by atoms with Crippen LogP contribution in [-0.2, 0) is 6.54 Å². The lowest BCUT2D eigenvalue weighted by Gasteiger charge is -2.33. The van der Waals surface area contributed by atoms with E-state index in [-0.39, 0.29) is 0 Å². The van der Waals surface area contributed by atoms with Gasteiger partial charge in [0.15, 0.2) is 0 Å². The molecule has 0 radical (unpaired) electrons. The number of aromatic carboxylic acids is 1. The summed E-state index contributed by atoms with van der Waals surface area (Å²) in [7, 11) is 0. The number of nitrogens with zero attached hydrogens (tertiary/aromatic N) is 3. The van der Waals surface area contributed by atoms with Gasteiger partial charge >= 0.3 is 5.97 Å². The third kappa shape index (κ3) is 4.90. The predicted molar refractivity (Wildman–Crippen MR) is 99.0 cm³/mol. The number of hydrazone groups is 1. The molecule has 5 nitrogen and oxygen atoms in total. The van der Waals surface area contributed by atoms with Gasteiger partial charge in [-0.25, -0.2) is 4.79 Å². The van der Waals surface area contributed by atoms with E-state index in [4.69, 9.17) is 5.11 Å². The second kappa shape index (κ2) is 7.94. The van der Waals surface area contributed by atoms with Crippen LogP contribution in [0.2, 0.25) is 0 Å². The van der Waals surface area contributed by atoms with Crippen LogP contribution in [0.5, 0.6) is 0 Å². The van der Waals surface area contributed by atoms with Crippen LogP contribution in [0.3, 0.4) is 0 Å². The summed E-state index contributed by atoms with van der Waals surface area (Å²) in [6.07, 6.45) is 1.79. The van der Waals surface area contributed by atoms with Gasteiger partial charge in [0.1, 0.15) is 0 Å². The van der Waals surface area contributed by atoms with Crippen molar-refractivity contribution in [3.63, 3.8) is 0 Å². The van der Waals surface area contributed by atoms with Crippen LogP contribution >= 0.6 is 0 Å². The average molecular weight is 337 g/mol. The van der Waals surface area contributed by atoms with E-state index in [1.54, 1.807) is 30.5 Å². The van der Waals surface area contributed by atoms with Crippen LogP contribution in [-0.4, -0.2) is 53.4 Å². The Bertz CT molecular complexity index is 731. The van der Waals surface area contributed by atoms with Crippen LogP contribution in [0.1, 0.15) is 27.0 Å². The lowest BCUT2D eigenvalue weighted by molar-refractivity contribution is 0.0697. The van der Waals surface area contributed by atoms with Crippen molar-refractivity contribution in [1.82, 2.24) is 9.91 Å². The number of benzene rings is 2. The van der Waals surface area contributed by atoms with Crippen LogP contribution in [0.25, 0.3) is 0 Å². The lowest BCUT2D eigenvalue weighted by atomic mass is 10.1. The first-order chi connectivity index (χ1) is 12.1. The zero-order valence-electron chi connectivity index (χ0n) is 14.4. The number of hydrogen-bond donors (Lipinski definition) is 1. The maximum Gasteiger partial charge on any atom is 0.335 e. The molecule has 2 aromatic carbocycles. The third-order valence-electron chi connectivity index (χ3n) is 4.40. The summed E-state index contributed by atoms with van der Waals surface area (Å²) in [5, 5.41) is 15.5. The van der Waals surface area contributed by atoms with Crippen molar-refractivity contribution in [3.05, 3.63) is 70.8 Å². The Morgan fingerprint density at radius 3 is 2.28 bits per heavy atom. The Morgan fingerprint density at radius 1 is 1.04 bits per heavy atom. The largest absolute Gasteiger partial charge is 0.478 e. The zero-order valence-corrected chi connectivity index (χ0v) is 14.4. The predicted octanol–water partition coefficient (Wildman–Crippen LogP) is 2.84. The average Bonchev–Trinajstić information content (AvgIpc) is 2.63. The van der Waals surface area contributed by atoms with Crippen LogP contribution in [0.15, 0.2) is 53.6 Å². The fourth-order valence-corrected chi connectivity index (χ4v) is 2.82. The van der Waals surface area contributed by atoms with Crippen LogP contribution in [0, 0.1) is 6.92 Å². The summed E-state index contributed by atoms with van der Waals surface area (Å²) in [4.78, 5) is 13.3. The number of rotatable bonds is 5. The molecule has 0 aliphatic carbocycles. The van der Waals surface area contributed by atoms with Crippen molar-refractivity contribution < 1.29 is 9.90 Å². The highest BCUT2D eigenvalue weighted by atomic mass is 16.4. The lowest BCUT2D eigenvalue weighted by Crippen LogP contribution is -2.43. The quantitative estimate of drug-likeness (QED) is 0.853. The molecule has 0 amide bonds. The maximum atomic E-state index is 10.8. The molecule has 1 aliphatic rings. The van der Waals surface area contributed by atoms with Gasteiger partial charge in [0.2, 0.25) is 0 Å². The van der Waals surface area contributed by atoms with E-state index in [1.165, 1.54) is 11.1 Å². The zero-order chi connectivity index (χ0) is 17.6. The molecule has 0 atom stereocenters. The fourth-order valence-electron chi connectivity index (χ4n) is 2.82. The maximum absolute atomic E-state index is 10.8. The molecule has 1 saturated heterocycles. The molecule has 25 heavy (non-hydrogen) atoms. The first kappa shape index (κ1) is 17.2. The Hall–Kier alpha value is -2.66. The third-order valence-corrected chi connectivity index (χ3v) is 4.40. The van der Waals surface area contributed by atoms with Gasteiger partial charge in [-0.2, -0.15) is 5.10 Å². The summed E-state index contributed by atoms with van der Waals surface area (Å²) < 4.78 is 0. The molecule has 1 N–H and O–H groups in total. The first-order valence-electron chi connectivity index (χ1n) is 8.50. The van der Waals surface area contributed by atoms with Crippen molar-refractivity contribution in [2.75, 3.05) is 26.2 Å². The normalized spacial score (nSPS) is 15.6. The standard InChI is InChI=1S/C20H23N3O2/c1-16-2-4-18(5-3-16)15-22-10-12-23(13-11-22)21-14-17-6-8-19(9-7-17)20(24)25/h2-9,14H,10-13,15H2,1H3,(H,24,25). The molecular weight excluding hydrogens is 314 g/mol. The molecule has 0 spiro atoms. The number of aryl methyl sites for hydroxylation is 1. The van der Waals surface area contributed by atoms with Crippen molar-refractivity contribution in [3.8, 4) is 0 Å². The highest BCUT2D eigenvalue weighted by Crippen LogP contribution is 2.10. The second-order valence-corrected chi connectivity index (χ2v) is 6.39. The van der Waals surface area contributed by atoms with Crippen molar-refractivity contribution >= 4 is 12.2 Å². The van der Waals surface area contributed by atoms with E-state index in [1.807, 2.05) is 0 Å². The number of carbonyl (C=O) groups is 1. The molecule has 130 valence electrons. The number of carboxylic acids is 1. The minimum absolute atomic E-state index is 0.293. The highest BCUT2D eigenvalue weighted by molar-refractivity contribution is 5.89. The molecule has 2 aromatic rings. The van der Waals surface area contributed by atoms with Gasteiger partial charge in [-0.05, 0) is 30.2 Å². The Labute approximate surface area is 148 Å². The van der Waals surface area contributed by atoms with Gasteiger partial charge in [-0.15, -0.1) is 0 Å². The van der Waals surface area contributed by atoms with E-state index in [0.29, 0.717) is 5.56 Å². The first-order valence-corrected chi connectivity index (χ1v) is 8.50. The van der Waals surface area contributed by atoms with Gasteiger partial charge < -0.3 is 5.11 Å². The minimum Gasteiger partial charge on any atom is -0.478 e. The molecule has 5 heteroatoms. The highest BCUT2D eigenvalue weighted by Gasteiger charge is 2.15. The smallest absolute Gasteiger partial charge is 0.335 e. The number of hydrogen-bond acceptors (Lipinski definition) is 4. The number of carboxylic acid groups (broad SMARTS) is 1. The minimum atomic E-state index is -0.909. The molecule has 0 saturated carbocycles. The monoisotopic (exact) mass is 337 g/mol. The van der Waals surface area contributed by atoms with Crippen molar-refractivity contribution in [2.45, 2.75) is 13.5 Å². The van der Waals surface area contributed by atoms with Gasteiger partial charge in [0.05, 0.1) is 11.8 Å². The Morgan fingerprint density at radius 2 is 1.68 bits per heavy atom. The second-order valence-electron chi connectivity index (χ2n) is 6.39. The van der Waals surface area contributed by atoms with E-state index in [9.17, 15) is 4.79 Å². The molecule has 0 bridgehead atoms. The summed E-state index contributed by atoms with van der Waals surface area (Å²) >= 11 is 0. The van der Waals surface area contributed by atoms with Gasteiger partial charge in [-0.3, -0.25) is 9.91 Å². The fraction of sp³-hybridized carbons (Fsp3) is 0.300. The topological polar surface area (TPSA) is 56.1 Å². The molecule has 0 unspecified atom stereocenters. The molecule has 0 aromatic heterocycles. The van der Waals surface area contributed by atoms with E-state index >= 15 is 0 Å². The Kier molecular flexibility index (Phi) is 5.46. The van der Waals surface area contributed by atoms with Crippen LogP contribution in [0.4, 0.5) is 0 Å². The molecule has 3 rings (SSSR count). The molecule has 1 fully saturated rings. The molecular formula is C20H23N3O2. The SMILES string of the molecule is Cc1ccc(CN2CCN(N=Cc3ccc(C(=O)O)cc3)CC2)cc1. The summed E-state index contributed by atoms with van der Waals surface area (Å²) in [5.41, 5.74) is 3.84. The van der Waals surface area contributed by atoms with E-state index in [2.05, 4.69) is 46.2 Å². The van der Waals surface area contributed by atoms with E-state index < -0.39 is 5.97 Å². The Balaban J connectivity index is 1.48. The summed E-state index contributed by atoms with van der Waals surface area (Å²) in [5.74, 6) is -0.909. The van der Waals surface area contributed by atoms with E-state index in [0.717, 1.165) is 38.3 Å². The van der Waals surface area contributed by atoms with Gasteiger partial charge in [0, 0.05) is 32.7 Å². The summed E-state index contributed by atoms with van der Waals surface area (Å²) in [6.45, 7) is 6.86. The molecule has 1 aliphatic heterocycles. The molecule has 1 heterocycles. The van der Waals surface area contributed by atoms with Gasteiger partial charge in [-0.1, -0.05) is 42.0 Å². The number of piperazine rings is 1. The van der Waals surface area contributed by atoms with Crippen molar-refractivity contribution in [2.24, 2.45) is 5.10 Å². The van der Waals surface area contributed by atoms with Gasteiger partial charge in [0.25, 0.3) is 0 Å². The van der Waals surface area contributed by atoms with Crippen LogP contribution < -0.4 is 0 Å². The summed E-state index contributed by atoms with van der Waals surface area (Å²) in [6, 6.07) is 15.5. The van der Waals surface area contributed by atoms with Crippen molar-refractivity contribution in [1.29, 1.82) is 0 Å².